The molecule has 7 heteroatoms. The summed E-state index contributed by atoms with van der Waals surface area (Å²) in [5, 5.41) is 10.3. The summed E-state index contributed by atoms with van der Waals surface area (Å²) in [7, 11) is 1.74. The highest BCUT2D eigenvalue weighted by Gasteiger charge is 2.19. The smallest absolute Gasteiger partial charge is 0.273 e. The second-order valence-corrected chi connectivity index (χ2v) is 9.35. The number of carbonyl (C=O) groups is 1. The monoisotopic (exact) mass is 461 g/mol. The number of aliphatic hydroxyl groups is 1. The lowest BCUT2D eigenvalue weighted by Crippen LogP contribution is -2.40. The van der Waals surface area contributed by atoms with Gasteiger partial charge in [-0.15, -0.1) is 0 Å². The topological polar surface area (TPSA) is 84.7 Å². The van der Waals surface area contributed by atoms with Crippen LogP contribution >= 0.6 is 0 Å². The summed E-state index contributed by atoms with van der Waals surface area (Å²) in [6.45, 7) is 7.86. The number of benzene rings is 1. The average Bonchev–Trinajstić information content (AvgIpc) is 2.81. The van der Waals surface area contributed by atoms with E-state index >= 15 is 0 Å². The van der Waals surface area contributed by atoms with Crippen molar-refractivity contribution in [2.45, 2.75) is 32.8 Å². The Labute approximate surface area is 199 Å². The molecule has 0 aliphatic carbocycles. The molecule has 1 saturated heterocycles. The summed E-state index contributed by atoms with van der Waals surface area (Å²) in [5.41, 5.74) is 4.15. The maximum Gasteiger partial charge on any atom is 0.273 e. The van der Waals surface area contributed by atoms with Crippen LogP contribution in [0, 0.1) is 6.92 Å². The fourth-order valence-corrected chi connectivity index (χ4v) is 4.20. The first kappa shape index (κ1) is 23.9. The fraction of sp³-hybridized carbons (Fsp3) is 0.370. The third kappa shape index (κ3) is 5.11. The van der Waals surface area contributed by atoms with Gasteiger partial charge in [0.25, 0.3) is 5.56 Å². The van der Waals surface area contributed by atoms with Gasteiger partial charge in [-0.1, -0.05) is 24.3 Å². The molecule has 7 nitrogen and oxygen atoms in total. The Morgan fingerprint density at radius 2 is 1.91 bits per heavy atom. The predicted octanol–water partition coefficient (Wildman–Crippen LogP) is 3.25. The maximum atomic E-state index is 13.1. The van der Waals surface area contributed by atoms with Gasteiger partial charge >= 0.3 is 0 Å². The lowest BCUT2D eigenvalue weighted by atomic mass is 9.94. The van der Waals surface area contributed by atoms with E-state index in [1.165, 1.54) is 0 Å². The van der Waals surface area contributed by atoms with Gasteiger partial charge in [0.15, 0.2) is 5.78 Å². The van der Waals surface area contributed by atoms with Crippen LogP contribution in [0.15, 0.2) is 53.6 Å². The minimum atomic E-state index is -0.973. The molecule has 4 rings (SSSR count). The molecule has 3 aromatic rings. The third-order valence-electron chi connectivity index (χ3n) is 6.23. The van der Waals surface area contributed by atoms with Gasteiger partial charge in [0.05, 0.1) is 18.8 Å². The van der Waals surface area contributed by atoms with Crippen molar-refractivity contribution in [1.82, 2.24) is 9.55 Å². The van der Waals surface area contributed by atoms with Gasteiger partial charge in [-0.05, 0) is 44.0 Å². The Bertz CT molecular complexity index is 1270. The Kier molecular flexibility index (Phi) is 6.68. The van der Waals surface area contributed by atoms with Crippen molar-refractivity contribution in [3.8, 4) is 11.1 Å². The average molecular weight is 462 g/mol. The maximum absolute atomic E-state index is 13.1. The summed E-state index contributed by atoms with van der Waals surface area (Å²) in [4.78, 5) is 32.5. The number of pyridine rings is 2. The van der Waals surface area contributed by atoms with Gasteiger partial charge in [-0.25, -0.2) is 0 Å². The molecule has 1 aliphatic heterocycles. The Balaban J connectivity index is 1.66. The number of aromatic nitrogens is 2. The predicted molar refractivity (Wildman–Crippen MR) is 132 cm³/mol. The number of hydrogen-bond acceptors (Lipinski definition) is 6. The van der Waals surface area contributed by atoms with Gasteiger partial charge < -0.3 is 19.3 Å². The second-order valence-electron chi connectivity index (χ2n) is 9.35. The molecule has 1 aliphatic rings. The third-order valence-corrected chi connectivity index (χ3v) is 6.23. The number of morpholine rings is 1. The largest absolute Gasteiger partial charge is 0.386 e. The van der Waals surface area contributed by atoms with E-state index in [4.69, 9.17) is 4.74 Å². The summed E-state index contributed by atoms with van der Waals surface area (Å²) in [6.07, 6.45) is 3.60. The lowest BCUT2D eigenvalue weighted by molar-refractivity contribution is 0.0784. The van der Waals surface area contributed by atoms with E-state index in [9.17, 15) is 14.7 Å². The van der Waals surface area contributed by atoms with E-state index in [0.717, 1.165) is 27.9 Å². The number of hydrogen-bond donors (Lipinski definition) is 1. The van der Waals surface area contributed by atoms with Crippen LogP contribution in [0.5, 0.6) is 0 Å². The van der Waals surface area contributed by atoms with Crippen molar-refractivity contribution in [2.75, 3.05) is 31.2 Å². The molecule has 0 unspecified atom stereocenters. The van der Waals surface area contributed by atoms with E-state index in [1.807, 2.05) is 48.2 Å². The zero-order valence-corrected chi connectivity index (χ0v) is 20.2. The van der Waals surface area contributed by atoms with Gasteiger partial charge in [0.2, 0.25) is 0 Å². The molecule has 0 atom stereocenters. The summed E-state index contributed by atoms with van der Waals surface area (Å²) < 4.78 is 7.01. The van der Waals surface area contributed by atoms with Crippen molar-refractivity contribution in [2.24, 2.45) is 7.05 Å². The summed E-state index contributed by atoms with van der Waals surface area (Å²) >= 11 is 0. The van der Waals surface area contributed by atoms with Gasteiger partial charge in [0.1, 0.15) is 5.69 Å². The first-order valence-corrected chi connectivity index (χ1v) is 11.5. The van der Waals surface area contributed by atoms with E-state index in [2.05, 4.69) is 4.98 Å². The van der Waals surface area contributed by atoms with Crippen LogP contribution in [-0.4, -0.2) is 46.7 Å². The van der Waals surface area contributed by atoms with Crippen LogP contribution in [0.2, 0.25) is 0 Å². The lowest BCUT2D eigenvalue weighted by Gasteiger charge is -2.28. The summed E-state index contributed by atoms with van der Waals surface area (Å²) in [5.74, 6) is -0.0557. The van der Waals surface area contributed by atoms with Crippen LogP contribution in [0.3, 0.4) is 0 Å². The second kappa shape index (κ2) is 9.52. The van der Waals surface area contributed by atoms with E-state index in [1.54, 1.807) is 37.9 Å². The highest BCUT2D eigenvalue weighted by molar-refractivity contribution is 5.98. The molecule has 1 fully saturated rings. The number of rotatable bonds is 6. The molecule has 1 aromatic carbocycles. The molecule has 178 valence electrons. The molecule has 2 aromatic heterocycles. The molecule has 3 heterocycles. The van der Waals surface area contributed by atoms with Crippen LogP contribution in [-0.2, 0) is 23.8 Å². The Hall–Kier alpha value is -3.29. The zero-order chi connectivity index (χ0) is 24.5. The number of nitrogens with zero attached hydrogens (tertiary/aromatic N) is 3. The van der Waals surface area contributed by atoms with Gasteiger partial charge in [-0.3, -0.25) is 14.6 Å². The molecule has 0 amide bonds. The van der Waals surface area contributed by atoms with E-state index < -0.39 is 5.60 Å². The standard InChI is InChI=1S/C27H31N3O4/c1-18-23(21-15-24(26(32)29(4)17-21)30-8-10-34-11-9-30)14-20(16-28-18)25(31)13-19-6-5-7-22(12-19)27(2,3)33/h5-7,12,14-17,33H,8-11,13H2,1-4H3. The van der Waals surface area contributed by atoms with E-state index in [0.29, 0.717) is 37.6 Å². The first-order chi connectivity index (χ1) is 16.1. The SMILES string of the molecule is Cc1ncc(C(=O)Cc2cccc(C(C)(C)O)c2)cc1-c1cc(N2CCOCC2)c(=O)n(C)c1. The molecule has 0 bridgehead atoms. The fourth-order valence-electron chi connectivity index (χ4n) is 4.20. The van der Waals surface area contributed by atoms with Crippen LogP contribution in [0.1, 0.15) is 41.0 Å². The zero-order valence-electron chi connectivity index (χ0n) is 20.2. The highest BCUT2D eigenvalue weighted by atomic mass is 16.5. The van der Waals surface area contributed by atoms with Crippen molar-refractivity contribution in [1.29, 1.82) is 0 Å². The number of anilines is 1. The highest BCUT2D eigenvalue weighted by Crippen LogP contribution is 2.27. The Morgan fingerprint density at radius 1 is 1.18 bits per heavy atom. The van der Waals surface area contributed by atoms with Gasteiger partial charge in [-0.2, -0.15) is 0 Å². The van der Waals surface area contributed by atoms with Crippen molar-refractivity contribution in [3.63, 3.8) is 0 Å². The summed E-state index contributed by atoms with van der Waals surface area (Å²) in [6, 6.07) is 11.2. The van der Waals surface area contributed by atoms with Crippen molar-refractivity contribution in [3.05, 3.63) is 81.5 Å². The van der Waals surface area contributed by atoms with E-state index in [-0.39, 0.29) is 17.8 Å². The molecule has 0 radical (unpaired) electrons. The van der Waals surface area contributed by atoms with Crippen molar-refractivity contribution < 1.29 is 14.6 Å². The van der Waals surface area contributed by atoms with Crippen LogP contribution < -0.4 is 10.5 Å². The van der Waals surface area contributed by atoms with Gasteiger partial charge in [0, 0.05) is 61.3 Å². The normalized spacial score (nSPS) is 14.3. The minimum absolute atomic E-state index is 0.0557. The Morgan fingerprint density at radius 3 is 2.62 bits per heavy atom. The number of Topliss-reactive ketones (excluding diaryl/α,β-unsaturated/α-hetero) is 1. The number of ketones is 1. The molecule has 1 N–H and O–H groups in total. The number of carbonyl (C=O) groups excluding carboxylic acids is 1. The molecule has 34 heavy (non-hydrogen) atoms. The quantitative estimate of drug-likeness (QED) is 0.568. The number of ether oxygens (including phenoxy) is 1. The molecule has 0 spiro atoms. The molecular weight excluding hydrogens is 430 g/mol. The van der Waals surface area contributed by atoms with Crippen LogP contribution in [0.4, 0.5) is 5.69 Å². The molecular formula is C27H31N3O4. The van der Waals surface area contributed by atoms with Crippen molar-refractivity contribution >= 4 is 11.5 Å². The minimum Gasteiger partial charge on any atom is -0.386 e. The number of aryl methyl sites for hydroxylation is 2. The van der Waals surface area contributed by atoms with Crippen LogP contribution in [0.25, 0.3) is 11.1 Å². The molecule has 0 saturated carbocycles. The first-order valence-electron chi connectivity index (χ1n) is 11.5.